The van der Waals surface area contributed by atoms with Crippen LogP contribution in [0.2, 0.25) is 0 Å². The summed E-state index contributed by atoms with van der Waals surface area (Å²) in [6.07, 6.45) is 2.69. The van der Waals surface area contributed by atoms with Gasteiger partial charge in [-0.25, -0.2) is 13.4 Å². The maximum Gasteiger partial charge on any atom is 0.220 e. The van der Waals surface area contributed by atoms with Gasteiger partial charge in [0.1, 0.15) is 0 Å². The molecule has 0 spiro atoms. The van der Waals surface area contributed by atoms with Gasteiger partial charge in [-0.1, -0.05) is 30.4 Å². The molecule has 3 aromatic rings. The third-order valence-corrected chi connectivity index (χ3v) is 9.24. The Balaban J connectivity index is 1.84. The SMILES string of the molecule is CCS(=O)(=O)c1ccc(C2(CC(N)=O)CCCCN2c2nc3cc(OC)c(OC)cc3s2)cc1. The summed E-state index contributed by atoms with van der Waals surface area (Å²) in [5.74, 6) is 0.840. The van der Waals surface area contributed by atoms with Gasteiger partial charge in [-0.15, -0.1) is 0 Å². The van der Waals surface area contributed by atoms with Crippen molar-refractivity contribution in [3.8, 4) is 11.5 Å². The zero-order chi connectivity index (χ0) is 24.5. The molecule has 4 rings (SSSR count). The number of anilines is 1. The van der Waals surface area contributed by atoms with Gasteiger partial charge < -0.3 is 20.1 Å². The molecule has 2 aromatic carbocycles. The van der Waals surface area contributed by atoms with Crippen LogP contribution in [0.1, 0.15) is 38.2 Å². The average molecular weight is 504 g/mol. The van der Waals surface area contributed by atoms with E-state index in [1.165, 1.54) is 11.3 Å². The molecule has 1 unspecified atom stereocenters. The minimum Gasteiger partial charge on any atom is -0.493 e. The van der Waals surface area contributed by atoms with Crippen molar-refractivity contribution < 1.29 is 22.7 Å². The number of fused-ring (bicyclic) bond motifs is 1. The minimum absolute atomic E-state index is 0.0313. The topological polar surface area (TPSA) is 112 Å². The van der Waals surface area contributed by atoms with E-state index < -0.39 is 21.3 Å². The highest BCUT2D eigenvalue weighted by Crippen LogP contribution is 2.46. The van der Waals surface area contributed by atoms with Gasteiger partial charge in [0.05, 0.1) is 47.0 Å². The fraction of sp³-hybridized carbons (Fsp3) is 0.417. The number of rotatable bonds is 8. The van der Waals surface area contributed by atoms with E-state index in [2.05, 4.69) is 4.90 Å². The molecule has 1 saturated heterocycles. The van der Waals surface area contributed by atoms with Crippen LogP contribution in [0.15, 0.2) is 41.3 Å². The molecule has 0 radical (unpaired) electrons. The minimum atomic E-state index is -3.32. The highest BCUT2D eigenvalue weighted by atomic mass is 32.2. The average Bonchev–Trinajstić information content (AvgIpc) is 3.25. The van der Waals surface area contributed by atoms with Crippen molar-refractivity contribution in [3.05, 3.63) is 42.0 Å². The van der Waals surface area contributed by atoms with E-state index >= 15 is 0 Å². The highest BCUT2D eigenvalue weighted by molar-refractivity contribution is 7.91. The number of carbonyl (C=O) groups excluding carboxylic acids is 1. The van der Waals surface area contributed by atoms with Gasteiger partial charge in [0.2, 0.25) is 5.91 Å². The van der Waals surface area contributed by atoms with Crippen LogP contribution in [0.4, 0.5) is 5.13 Å². The predicted molar refractivity (Wildman–Crippen MR) is 134 cm³/mol. The van der Waals surface area contributed by atoms with Crippen molar-refractivity contribution in [3.63, 3.8) is 0 Å². The molecule has 1 fully saturated rings. The second-order valence-corrected chi connectivity index (χ2v) is 11.7. The first-order valence-corrected chi connectivity index (χ1v) is 13.6. The zero-order valence-corrected chi connectivity index (χ0v) is 21.2. The number of piperidine rings is 1. The summed E-state index contributed by atoms with van der Waals surface area (Å²) in [6.45, 7) is 2.33. The summed E-state index contributed by atoms with van der Waals surface area (Å²) < 4.78 is 36.5. The molecular weight excluding hydrogens is 474 g/mol. The molecule has 2 N–H and O–H groups in total. The first-order chi connectivity index (χ1) is 16.2. The Hall–Kier alpha value is -2.85. The second kappa shape index (κ2) is 9.42. The number of ether oxygens (including phenoxy) is 2. The Morgan fingerprint density at radius 3 is 2.44 bits per heavy atom. The summed E-state index contributed by atoms with van der Waals surface area (Å²) in [7, 11) is -0.145. The van der Waals surface area contributed by atoms with Gasteiger partial charge in [0.25, 0.3) is 0 Å². The van der Waals surface area contributed by atoms with Gasteiger partial charge in [-0.05, 0) is 37.0 Å². The number of hydrogen-bond acceptors (Lipinski definition) is 8. The van der Waals surface area contributed by atoms with E-state index in [1.807, 2.05) is 24.3 Å². The zero-order valence-electron chi connectivity index (χ0n) is 19.5. The number of sulfone groups is 1. The van der Waals surface area contributed by atoms with Crippen molar-refractivity contribution in [2.45, 2.75) is 43.0 Å². The van der Waals surface area contributed by atoms with Crippen LogP contribution in [0.25, 0.3) is 10.2 Å². The van der Waals surface area contributed by atoms with E-state index in [4.69, 9.17) is 20.2 Å². The van der Waals surface area contributed by atoms with Crippen LogP contribution in [-0.2, 0) is 20.2 Å². The Morgan fingerprint density at radius 2 is 1.82 bits per heavy atom. The van der Waals surface area contributed by atoms with Crippen molar-refractivity contribution in [1.82, 2.24) is 4.98 Å². The largest absolute Gasteiger partial charge is 0.493 e. The molecule has 10 heteroatoms. The fourth-order valence-corrected chi connectivity index (χ4v) is 6.66. The van der Waals surface area contributed by atoms with Crippen LogP contribution < -0.4 is 20.1 Å². The molecule has 182 valence electrons. The number of nitrogens with two attached hydrogens (primary N) is 1. The van der Waals surface area contributed by atoms with Gasteiger partial charge >= 0.3 is 0 Å². The number of hydrogen-bond donors (Lipinski definition) is 1. The van der Waals surface area contributed by atoms with Gasteiger partial charge in [0, 0.05) is 18.7 Å². The number of nitrogens with zero attached hydrogens (tertiary/aromatic N) is 2. The summed E-state index contributed by atoms with van der Waals surface area (Å²) in [5.41, 5.74) is 6.67. The highest BCUT2D eigenvalue weighted by Gasteiger charge is 2.43. The second-order valence-electron chi connectivity index (χ2n) is 8.38. The number of carbonyl (C=O) groups is 1. The van der Waals surface area contributed by atoms with Crippen molar-refractivity contribution in [1.29, 1.82) is 0 Å². The van der Waals surface area contributed by atoms with E-state index in [0.29, 0.717) is 24.5 Å². The van der Waals surface area contributed by atoms with Crippen LogP contribution in [-0.4, -0.2) is 45.8 Å². The Bertz CT molecular complexity index is 1260. The maximum absolute atomic E-state index is 12.3. The lowest BCUT2D eigenvalue weighted by atomic mass is 9.78. The molecular formula is C24H29N3O5S2. The Kier molecular flexibility index (Phi) is 6.73. The molecule has 2 heterocycles. The third kappa shape index (κ3) is 4.32. The number of aromatic nitrogens is 1. The number of amides is 1. The van der Waals surface area contributed by atoms with Gasteiger partial charge in [0.15, 0.2) is 26.5 Å². The monoisotopic (exact) mass is 503 g/mol. The van der Waals surface area contributed by atoms with Crippen LogP contribution in [0, 0.1) is 0 Å². The molecule has 8 nitrogen and oxygen atoms in total. The number of methoxy groups -OCH3 is 2. The third-order valence-electron chi connectivity index (χ3n) is 6.45. The van der Waals surface area contributed by atoms with Gasteiger partial charge in [-0.3, -0.25) is 4.79 Å². The molecule has 0 bridgehead atoms. The Morgan fingerprint density at radius 1 is 1.15 bits per heavy atom. The number of thiazole rings is 1. The Labute approximate surface area is 203 Å². The number of primary amides is 1. The van der Waals surface area contributed by atoms with E-state index in [9.17, 15) is 13.2 Å². The van der Waals surface area contributed by atoms with Gasteiger partial charge in [-0.2, -0.15) is 0 Å². The first-order valence-electron chi connectivity index (χ1n) is 11.2. The normalized spacial score (nSPS) is 18.7. The maximum atomic E-state index is 12.3. The molecule has 1 atom stereocenters. The summed E-state index contributed by atoms with van der Waals surface area (Å²) >= 11 is 1.52. The molecule has 1 aliphatic heterocycles. The smallest absolute Gasteiger partial charge is 0.220 e. The summed E-state index contributed by atoms with van der Waals surface area (Å²) in [4.78, 5) is 19.6. The molecule has 0 saturated carbocycles. The van der Waals surface area contributed by atoms with Crippen molar-refractivity contribution in [2.75, 3.05) is 31.4 Å². The predicted octanol–water partition coefficient (Wildman–Crippen LogP) is 3.87. The quantitative estimate of drug-likeness (QED) is 0.497. The van der Waals surface area contributed by atoms with E-state index in [-0.39, 0.29) is 17.1 Å². The molecule has 1 amide bonds. The number of benzene rings is 2. The van der Waals surface area contributed by atoms with Crippen LogP contribution >= 0.6 is 11.3 Å². The standard InChI is InChI=1S/C24H29N3O5S2/c1-4-34(29,30)17-9-7-16(8-10-17)24(15-22(25)28)11-5-6-12-27(24)23-26-18-13-19(31-2)20(32-3)14-21(18)33-23/h7-10,13-14H,4-6,11-12,15H2,1-3H3,(H2,25,28). The van der Waals surface area contributed by atoms with E-state index in [1.54, 1.807) is 33.3 Å². The lowest BCUT2D eigenvalue weighted by molar-refractivity contribution is -0.119. The van der Waals surface area contributed by atoms with Crippen molar-refractivity contribution >= 4 is 42.4 Å². The lowest BCUT2D eigenvalue weighted by Crippen LogP contribution is -2.51. The van der Waals surface area contributed by atoms with Crippen molar-refractivity contribution in [2.24, 2.45) is 5.73 Å². The fourth-order valence-electron chi connectivity index (χ4n) is 4.69. The summed E-state index contributed by atoms with van der Waals surface area (Å²) in [5, 5.41) is 0.775. The van der Waals surface area contributed by atoms with E-state index in [0.717, 1.165) is 33.8 Å². The molecule has 1 aromatic heterocycles. The lowest BCUT2D eigenvalue weighted by Gasteiger charge is -2.47. The van der Waals surface area contributed by atoms with Crippen LogP contribution in [0.3, 0.4) is 0 Å². The van der Waals surface area contributed by atoms with Crippen LogP contribution in [0.5, 0.6) is 11.5 Å². The molecule has 34 heavy (non-hydrogen) atoms. The molecule has 0 aliphatic carbocycles. The first kappa shape index (κ1) is 24.3. The molecule has 1 aliphatic rings. The summed E-state index contributed by atoms with van der Waals surface area (Å²) in [6, 6.07) is 10.6.